The average Bonchev–Trinajstić information content (AvgIpc) is 3.68. The molecule has 2 aromatic rings. The van der Waals surface area contributed by atoms with Crippen LogP contribution < -0.4 is 5.56 Å². The topological polar surface area (TPSA) is 97.0 Å². The van der Waals surface area contributed by atoms with Gasteiger partial charge < -0.3 is 14.5 Å². The fourth-order valence-electron chi connectivity index (χ4n) is 9.19. The molecule has 6 rings (SSSR count). The molecule has 1 aromatic carbocycles. The van der Waals surface area contributed by atoms with Gasteiger partial charge in [0.05, 0.1) is 17.5 Å². The first-order chi connectivity index (χ1) is 19.4. The van der Waals surface area contributed by atoms with Crippen molar-refractivity contribution < 1.29 is 14.7 Å². The molecule has 40 heavy (non-hydrogen) atoms. The van der Waals surface area contributed by atoms with Crippen molar-refractivity contribution in [2.24, 2.45) is 22.4 Å². The molecule has 2 saturated carbocycles. The molecular weight excluding hydrogens is 504 g/mol. The van der Waals surface area contributed by atoms with Crippen LogP contribution in [0, 0.1) is 17.3 Å². The van der Waals surface area contributed by atoms with Gasteiger partial charge >= 0.3 is 5.97 Å². The molecule has 6 atom stereocenters. The molecule has 8 nitrogen and oxygen atoms in total. The van der Waals surface area contributed by atoms with Gasteiger partial charge in [0.15, 0.2) is 5.69 Å². The number of hydrogen-bond donors (Lipinski definition) is 1. The minimum Gasteiger partial charge on any atom is -0.481 e. The van der Waals surface area contributed by atoms with E-state index in [0.717, 1.165) is 35.7 Å². The lowest BCUT2D eigenvalue weighted by atomic mass is 9.71. The first-order valence-corrected chi connectivity index (χ1v) is 15.5. The smallest absolute Gasteiger partial charge is 0.303 e. The summed E-state index contributed by atoms with van der Waals surface area (Å²) < 4.78 is 1.96. The molecule has 2 bridgehead atoms. The second-order valence-electron chi connectivity index (χ2n) is 12.8. The number of carbonyl (C=O) groups is 1. The van der Waals surface area contributed by atoms with Crippen molar-refractivity contribution in [3.8, 4) is 0 Å². The highest BCUT2D eigenvalue weighted by atomic mass is 16.6. The largest absolute Gasteiger partial charge is 0.481 e. The van der Waals surface area contributed by atoms with Crippen LogP contribution in [0.5, 0.6) is 0 Å². The number of para-hydroxylation sites is 2. The van der Waals surface area contributed by atoms with E-state index in [9.17, 15) is 14.7 Å². The summed E-state index contributed by atoms with van der Waals surface area (Å²) in [5, 5.41) is 13.3. The molecule has 4 fully saturated rings. The number of aliphatic carboxylic acids is 1. The Kier molecular flexibility index (Phi) is 7.49. The summed E-state index contributed by atoms with van der Waals surface area (Å²) in [5.41, 5.74) is 2.51. The molecule has 1 N–H and O–H groups in total. The second-order valence-corrected chi connectivity index (χ2v) is 12.8. The summed E-state index contributed by atoms with van der Waals surface area (Å²) >= 11 is 0. The van der Waals surface area contributed by atoms with Crippen LogP contribution >= 0.6 is 0 Å². The standard InChI is InChI=1S/C32H44N4O4/c1-4-20-15-24(16-21-19-32(20,21)5-2)35-22-9-8-10-23(35)18-25(17-22)36-28-12-7-6-11-26(28)33-30(31(36)39)27(34-40-3)13-14-29(37)38/h6-7,11-12,20-25H,4-5,8-10,13-19H2,1-3H3,(H,37,38)/b34-27+. The number of nitrogens with zero attached hydrogens (tertiary/aromatic N) is 4. The molecule has 0 spiro atoms. The lowest BCUT2D eigenvalue weighted by molar-refractivity contribution is -0.136. The third-order valence-electron chi connectivity index (χ3n) is 11.0. The lowest BCUT2D eigenvalue weighted by Crippen LogP contribution is -2.58. The lowest BCUT2D eigenvalue weighted by Gasteiger charge is -2.54. The molecule has 3 heterocycles. The van der Waals surface area contributed by atoms with E-state index in [1.807, 2.05) is 28.8 Å². The predicted octanol–water partition coefficient (Wildman–Crippen LogP) is 5.77. The Balaban J connectivity index is 1.33. The van der Waals surface area contributed by atoms with Crippen LogP contribution in [-0.4, -0.2) is 56.5 Å². The first-order valence-electron chi connectivity index (χ1n) is 15.5. The van der Waals surface area contributed by atoms with Gasteiger partial charge in [-0.2, -0.15) is 0 Å². The highest BCUT2D eigenvalue weighted by Gasteiger charge is 2.61. The van der Waals surface area contributed by atoms with Crippen molar-refractivity contribution in [1.29, 1.82) is 0 Å². The number of benzene rings is 1. The summed E-state index contributed by atoms with van der Waals surface area (Å²) in [5.74, 6) is 0.803. The molecule has 0 radical (unpaired) electrons. The average molecular weight is 549 g/mol. The SMILES string of the molecule is CCC1CC(N2C3CCCC2CC(n2c(=O)c(/C(CCC(=O)O)=N/OC)nc4ccccc42)C3)CC2CC12CC. The van der Waals surface area contributed by atoms with Crippen molar-refractivity contribution >= 4 is 22.7 Å². The van der Waals surface area contributed by atoms with Crippen molar-refractivity contribution in [3.05, 3.63) is 40.3 Å². The van der Waals surface area contributed by atoms with Gasteiger partial charge in [0.25, 0.3) is 5.56 Å². The maximum Gasteiger partial charge on any atom is 0.303 e. The Morgan fingerprint density at radius 2 is 1.82 bits per heavy atom. The van der Waals surface area contributed by atoms with E-state index in [0.29, 0.717) is 29.3 Å². The summed E-state index contributed by atoms with van der Waals surface area (Å²) in [6.45, 7) is 4.79. The van der Waals surface area contributed by atoms with Crippen LogP contribution in [0.3, 0.4) is 0 Å². The third kappa shape index (κ3) is 4.66. The maximum absolute atomic E-state index is 14.1. The Hall–Kier alpha value is -2.74. The summed E-state index contributed by atoms with van der Waals surface area (Å²) in [6, 6.07) is 9.55. The fraction of sp³-hybridized carbons (Fsp3) is 0.688. The maximum atomic E-state index is 14.1. The number of carboxylic acid groups (broad SMARTS) is 1. The number of carboxylic acids is 1. The minimum absolute atomic E-state index is 0.0789. The first kappa shape index (κ1) is 27.4. The monoisotopic (exact) mass is 548 g/mol. The van der Waals surface area contributed by atoms with Crippen LogP contribution in [0.25, 0.3) is 11.0 Å². The highest BCUT2D eigenvalue weighted by molar-refractivity contribution is 6.00. The summed E-state index contributed by atoms with van der Waals surface area (Å²) in [7, 11) is 1.41. The van der Waals surface area contributed by atoms with E-state index in [1.165, 1.54) is 58.5 Å². The van der Waals surface area contributed by atoms with Crippen LogP contribution in [0.15, 0.2) is 34.2 Å². The number of aromatic nitrogens is 2. The van der Waals surface area contributed by atoms with Crippen LogP contribution in [0.1, 0.15) is 103 Å². The number of piperidine rings is 2. The molecule has 8 heteroatoms. The van der Waals surface area contributed by atoms with Crippen molar-refractivity contribution in [1.82, 2.24) is 14.5 Å². The number of fused-ring (bicyclic) bond motifs is 4. The van der Waals surface area contributed by atoms with Crippen molar-refractivity contribution in [2.75, 3.05) is 7.11 Å². The van der Waals surface area contributed by atoms with Crippen LogP contribution in [0.2, 0.25) is 0 Å². The number of hydrogen-bond acceptors (Lipinski definition) is 6. The highest BCUT2D eigenvalue weighted by Crippen LogP contribution is 2.67. The second kappa shape index (κ2) is 10.9. The Morgan fingerprint density at radius 1 is 1.07 bits per heavy atom. The Morgan fingerprint density at radius 3 is 2.50 bits per heavy atom. The zero-order chi connectivity index (χ0) is 28.0. The van der Waals surface area contributed by atoms with Crippen LogP contribution in [-0.2, 0) is 9.63 Å². The molecular formula is C32H44N4O4. The molecule has 6 unspecified atom stereocenters. The van der Waals surface area contributed by atoms with Gasteiger partial charge in [-0.15, -0.1) is 0 Å². The van der Waals surface area contributed by atoms with Gasteiger partial charge in [-0.3, -0.25) is 14.5 Å². The zero-order valence-electron chi connectivity index (χ0n) is 24.2. The van der Waals surface area contributed by atoms with Gasteiger partial charge in [-0.05, 0) is 80.8 Å². The molecule has 2 aliphatic heterocycles. The van der Waals surface area contributed by atoms with E-state index >= 15 is 0 Å². The van der Waals surface area contributed by atoms with E-state index in [1.54, 1.807) is 0 Å². The third-order valence-corrected chi connectivity index (χ3v) is 11.0. The number of oxime groups is 1. The van der Waals surface area contributed by atoms with E-state index < -0.39 is 5.97 Å². The van der Waals surface area contributed by atoms with E-state index in [2.05, 4.69) is 28.9 Å². The summed E-state index contributed by atoms with van der Waals surface area (Å²) in [4.78, 5) is 38.1. The predicted molar refractivity (Wildman–Crippen MR) is 156 cm³/mol. The van der Waals surface area contributed by atoms with E-state index in [-0.39, 0.29) is 30.1 Å². The Labute approximate surface area is 236 Å². The van der Waals surface area contributed by atoms with Gasteiger partial charge in [0.1, 0.15) is 12.8 Å². The number of rotatable bonds is 9. The molecule has 0 amide bonds. The quantitative estimate of drug-likeness (QED) is 0.315. The normalized spacial score (nSPS) is 33.9. The molecule has 4 aliphatic rings. The fourth-order valence-corrected chi connectivity index (χ4v) is 9.19. The van der Waals surface area contributed by atoms with Gasteiger partial charge in [0.2, 0.25) is 0 Å². The molecule has 2 aliphatic carbocycles. The summed E-state index contributed by atoms with van der Waals surface area (Å²) in [6.07, 6.45) is 12.3. The van der Waals surface area contributed by atoms with Gasteiger partial charge in [-0.25, -0.2) is 4.98 Å². The van der Waals surface area contributed by atoms with Crippen LogP contribution in [0.4, 0.5) is 0 Å². The van der Waals surface area contributed by atoms with Gasteiger partial charge in [-0.1, -0.05) is 44.0 Å². The minimum atomic E-state index is -0.944. The van der Waals surface area contributed by atoms with Gasteiger partial charge in [0, 0.05) is 30.6 Å². The zero-order valence-corrected chi connectivity index (χ0v) is 24.2. The van der Waals surface area contributed by atoms with E-state index in [4.69, 9.17) is 4.84 Å². The Bertz CT molecular complexity index is 1340. The molecule has 2 saturated heterocycles. The molecule has 1 aromatic heterocycles. The van der Waals surface area contributed by atoms with Crippen molar-refractivity contribution in [2.45, 2.75) is 115 Å². The molecule has 216 valence electrons. The van der Waals surface area contributed by atoms with Crippen molar-refractivity contribution in [3.63, 3.8) is 0 Å².